The van der Waals surface area contributed by atoms with Crippen molar-refractivity contribution >= 4 is 6.09 Å². The highest BCUT2D eigenvalue weighted by atomic mass is 16.5. The molecule has 0 aliphatic heterocycles. The van der Waals surface area contributed by atoms with Gasteiger partial charge >= 0.3 is 6.09 Å². The third kappa shape index (κ3) is 5.62. The van der Waals surface area contributed by atoms with E-state index in [4.69, 9.17) is 10.5 Å². The summed E-state index contributed by atoms with van der Waals surface area (Å²) in [6.45, 7) is 11.3. The summed E-state index contributed by atoms with van der Waals surface area (Å²) in [5, 5.41) is 0. The van der Waals surface area contributed by atoms with E-state index in [1.54, 1.807) is 0 Å². The lowest BCUT2D eigenvalue weighted by Gasteiger charge is -2.37. The van der Waals surface area contributed by atoms with Gasteiger partial charge in [0.15, 0.2) is 0 Å². The second-order valence-electron chi connectivity index (χ2n) is 4.00. The Labute approximate surface area is 93.0 Å². The number of nitrogens with zero attached hydrogens (tertiary/aromatic N) is 1. The molecule has 0 aromatic heterocycles. The van der Waals surface area contributed by atoms with Crippen LogP contribution in [0.15, 0.2) is 0 Å². The third-order valence-corrected chi connectivity index (χ3v) is 2.88. The molecule has 0 fully saturated rings. The molecule has 0 heterocycles. The maximum Gasteiger partial charge on any atom is 0.404 e. The molecular weight excluding hydrogens is 192 g/mol. The zero-order valence-corrected chi connectivity index (χ0v) is 10.3. The lowest BCUT2D eigenvalue weighted by molar-refractivity contribution is -0.926. The van der Waals surface area contributed by atoms with Crippen molar-refractivity contribution < 1.29 is 14.0 Å². The Morgan fingerprint density at radius 3 is 2.00 bits per heavy atom. The molecule has 0 aliphatic rings. The van der Waals surface area contributed by atoms with E-state index < -0.39 is 6.09 Å². The van der Waals surface area contributed by atoms with Crippen molar-refractivity contribution in [2.75, 3.05) is 32.8 Å². The average Bonchev–Trinajstić information content (AvgIpc) is 2.17. The number of quaternary nitrogens is 1. The van der Waals surface area contributed by atoms with E-state index >= 15 is 0 Å². The fraction of sp³-hybridized carbons (Fsp3) is 0.909. The van der Waals surface area contributed by atoms with E-state index in [2.05, 4.69) is 20.8 Å². The average molecular weight is 217 g/mol. The first-order chi connectivity index (χ1) is 7.10. The summed E-state index contributed by atoms with van der Waals surface area (Å²) in [6.07, 6.45) is 1.65. The molecule has 4 nitrogen and oxygen atoms in total. The molecule has 4 heteroatoms. The number of carbonyl (C=O) groups is 1. The number of ether oxygens (including phenoxy) is 1. The van der Waals surface area contributed by atoms with Crippen molar-refractivity contribution in [2.45, 2.75) is 33.6 Å². The van der Waals surface area contributed by atoms with Crippen molar-refractivity contribution in [3.8, 4) is 0 Å². The number of amides is 1. The molecule has 0 atom stereocenters. The summed E-state index contributed by atoms with van der Waals surface area (Å²) >= 11 is 0. The molecular formula is C11H25N2O2+. The Morgan fingerprint density at radius 2 is 1.67 bits per heavy atom. The van der Waals surface area contributed by atoms with E-state index in [-0.39, 0.29) is 0 Å². The van der Waals surface area contributed by atoms with E-state index in [0.29, 0.717) is 6.61 Å². The van der Waals surface area contributed by atoms with Crippen molar-refractivity contribution in [3.63, 3.8) is 0 Å². The molecule has 0 unspecified atom stereocenters. The summed E-state index contributed by atoms with van der Waals surface area (Å²) in [5.74, 6) is 0. The molecule has 0 saturated heterocycles. The molecule has 0 spiro atoms. The van der Waals surface area contributed by atoms with Gasteiger partial charge in [0.25, 0.3) is 0 Å². The van der Waals surface area contributed by atoms with Crippen LogP contribution in [0.1, 0.15) is 33.6 Å². The van der Waals surface area contributed by atoms with Crippen LogP contribution in [0.4, 0.5) is 4.79 Å². The van der Waals surface area contributed by atoms with Gasteiger partial charge in [0, 0.05) is 0 Å². The molecule has 0 rings (SSSR count). The molecule has 15 heavy (non-hydrogen) atoms. The highest BCUT2D eigenvalue weighted by molar-refractivity contribution is 5.64. The van der Waals surface area contributed by atoms with E-state index in [1.807, 2.05) is 0 Å². The Kier molecular flexibility index (Phi) is 7.13. The Balaban J connectivity index is 4.13. The molecule has 0 bridgehead atoms. The first-order valence-corrected chi connectivity index (χ1v) is 5.87. The normalized spacial score (nSPS) is 11.4. The van der Waals surface area contributed by atoms with Gasteiger partial charge in [-0.3, -0.25) is 0 Å². The van der Waals surface area contributed by atoms with Gasteiger partial charge in [-0.1, -0.05) is 13.8 Å². The van der Waals surface area contributed by atoms with Gasteiger partial charge in [-0.05, 0) is 19.8 Å². The van der Waals surface area contributed by atoms with Crippen molar-refractivity contribution in [1.82, 2.24) is 0 Å². The molecule has 1 amide bonds. The number of primary amides is 1. The summed E-state index contributed by atoms with van der Waals surface area (Å²) < 4.78 is 5.84. The fourth-order valence-electron chi connectivity index (χ4n) is 2.10. The predicted octanol–water partition coefficient (Wildman–Crippen LogP) is 1.74. The van der Waals surface area contributed by atoms with Gasteiger partial charge in [-0.2, -0.15) is 0 Å². The monoisotopic (exact) mass is 217 g/mol. The highest BCUT2D eigenvalue weighted by Crippen LogP contribution is 2.09. The van der Waals surface area contributed by atoms with Crippen LogP contribution in [0.5, 0.6) is 0 Å². The van der Waals surface area contributed by atoms with Crippen LogP contribution in [0.2, 0.25) is 0 Å². The lowest BCUT2D eigenvalue weighted by atomic mass is 10.2. The maximum atomic E-state index is 10.5. The third-order valence-electron chi connectivity index (χ3n) is 2.88. The first kappa shape index (κ1) is 14.2. The topological polar surface area (TPSA) is 52.3 Å². The van der Waals surface area contributed by atoms with Gasteiger partial charge < -0.3 is 15.0 Å². The van der Waals surface area contributed by atoms with Crippen LogP contribution in [0, 0.1) is 0 Å². The van der Waals surface area contributed by atoms with Gasteiger partial charge in [0.1, 0.15) is 13.2 Å². The van der Waals surface area contributed by atoms with Gasteiger partial charge in [-0.25, -0.2) is 4.79 Å². The molecule has 0 saturated carbocycles. The van der Waals surface area contributed by atoms with E-state index in [9.17, 15) is 4.79 Å². The quantitative estimate of drug-likeness (QED) is 0.630. The van der Waals surface area contributed by atoms with Gasteiger partial charge in [0.2, 0.25) is 0 Å². The van der Waals surface area contributed by atoms with Crippen LogP contribution in [-0.4, -0.2) is 43.4 Å². The number of likely N-dealkylation sites (N-methyl/N-ethyl adjacent to an activating group) is 1. The molecule has 0 radical (unpaired) electrons. The lowest BCUT2D eigenvalue weighted by Crippen LogP contribution is -2.51. The molecule has 0 aliphatic carbocycles. The van der Waals surface area contributed by atoms with Crippen LogP contribution >= 0.6 is 0 Å². The molecule has 2 N–H and O–H groups in total. The second-order valence-corrected chi connectivity index (χ2v) is 4.00. The van der Waals surface area contributed by atoms with E-state index in [0.717, 1.165) is 43.5 Å². The number of carbonyl (C=O) groups excluding carboxylic acids is 1. The molecule has 0 aromatic rings. The predicted molar refractivity (Wildman–Crippen MR) is 61.5 cm³/mol. The number of rotatable bonds is 8. The largest absolute Gasteiger partial charge is 0.444 e. The van der Waals surface area contributed by atoms with Crippen molar-refractivity contribution in [1.29, 1.82) is 0 Å². The summed E-state index contributed by atoms with van der Waals surface area (Å²) in [5.41, 5.74) is 4.94. The van der Waals surface area contributed by atoms with E-state index in [1.165, 1.54) is 0 Å². The SMILES string of the molecule is CCC[N+](CC)(CCC)CCOC(N)=O. The minimum atomic E-state index is -0.669. The minimum absolute atomic E-state index is 0.434. The van der Waals surface area contributed by atoms with Gasteiger partial charge in [0.05, 0.1) is 19.6 Å². The summed E-state index contributed by atoms with van der Waals surface area (Å²) in [7, 11) is 0. The summed E-state index contributed by atoms with van der Waals surface area (Å²) in [6, 6.07) is 0. The Morgan fingerprint density at radius 1 is 1.13 bits per heavy atom. The van der Waals surface area contributed by atoms with Crippen LogP contribution in [0.3, 0.4) is 0 Å². The number of nitrogens with two attached hydrogens (primary N) is 1. The minimum Gasteiger partial charge on any atom is -0.444 e. The second kappa shape index (κ2) is 7.51. The molecule has 90 valence electrons. The Bertz CT molecular complexity index is 177. The zero-order chi connectivity index (χ0) is 11.7. The van der Waals surface area contributed by atoms with Crippen molar-refractivity contribution in [2.24, 2.45) is 5.73 Å². The standard InChI is InChI=1S/C11H24N2O2/c1-4-7-13(6-3,8-5-2)9-10-15-11(12)14/h4-10H2,1-3H3,(H-,12,14)/p+1. The molecule has 0 aromatic carbocycles. The van der Waals surface area contributed by atoms with Crippen LogP contribution in [-0.2, 0) is 4.74 Å². The Hall–Kier alpha value is -0.770. The smallest absolute Gasteiger partial charge is 0.404 e. The first-order valence-electron chi connectivity index (χ1n) is 5.87. The van der Waals surface area contributed by atoms with Crippen molar-refractivity contribution in [3.05, 3.63) is 0 Å². The fourth-order valence-corrected chi connectivity index (χ4v) is 2.10. The van der Waals surface area contributed by atoms with Gasteiger partial charge in [-0.15, -0.1) is 0 Å². The number of hydrogen-bond acceptors (Lipinski definition) is 2. The highest BCUT2D eigenvalue weighted by Gasteiger charge is 2.23. The van der Waals surface area contributed by atoms with Crippen LogP contribution in [0.25, 0.3) is 0 Å². The maximum absolute atomic E-state index is 10.5. The zero-order valence-electron chi connectivity index (χ0n) is 10.3. The van der Waals surface area contributed by atoms with Crippen LogP contribution < -0.4 is 5.73 Å². The number of hydrogen-bond donors (Lipinski definition) is 1. The summed E-state index contributed by atoms with van der Waals surface area (Å²) in [4.78, 5) is 10.5.